The number of ether oxygens (including phenoxy) is 2. The minimum atomic E-state index is -0.216. The van der Waals surface area contributed by atoms with E-state index in [2.05, 4.69) is 11.6 Å². The first-order chi connectivity index (χ1) is 13.5. The predicted octanol–water partition coefficient (Wildman–Crippen LogP) is 4.93. The summed E-state index contributed by atoms with van der Waals surface area (Å²) < 4.78 is 10.5. The Bertz CT molecular complexity index is 954. The number of amidine groups is 1. The Hall–Kier alpha value is -2.70. The Morgan fingerprint density at radius 3 is 2.54 bits per heavy atom. The summed E-state index contributed by atoms with van der Waals surface area (Å²) in [6.07, 6.45) is 1.75. The second-order valence-corrected chi connectivity index (χ2v) is 7.32. The molecule has 0 aromatic heterocycles. The van der Waals surface area contributed by atoms with E-state index < -0.39 is 0 Å². The quantitative estimate of drug-likeness (QED) is 0.628. The van der Waals surface area contributed by atoms with Gasteiger partial charge in [-0.3, -0.25) is 9.69 Å². The summed E-state index contributed by atoms with van der Waals surface area (Å²) in [5.41, 5.74) is 1.87. The van der Waals surface area contributed by atoms with Gasteiger partial charge < -0.3 is 9.47 Å². The van der Waals surface area contributed by atoms with Crippen LogP contribution in [-0.2, 0) is 4.79 Å². The van der Waals surface area contributed by atoms with Crippen molar-refractivity contribution in [1.82, 2.24) is 0 Å². The number of hydrogen-bond donors (Lipinski definition) is 0. The van der Waals surface area contributed by atoms with Crippen molar-refractivity contribution in [2.45, 2.75) is 0 Å². The number of rotatable bonds is 6. The number of anilines is 1. The number of thioether (sulfide) groups is 1. The third kappa shape index (κ3) is 4.58. The molecule has 1 aliphatic heterocycles. The van der Waals surface area contributed by atoms with Gasteiger partial charge in [-0.2, -0.15) is 0 Å². The summed E-state index contributed by atoms with van der Waals surface area (Å²) in [5.74, 6) is 1.64. The summed E-state index contributed by atoms with van der Waals surface area (Å²) in [7, 11) is 3.19. The lowest BCUT2D eigenvalue weighted by atomic mass is 10.2. The van der Waals surface area contributed by atoms with Gasteiger partial charge in [0.1, 0.15) is 17.2 Å². The van der Waals surface area contributed by atoms with Gasteiger partial charge in [-0.1, -0.05) is 48.1 Å². The Balaban J connectivity index is 1.96. The number of methoxy groups -OCH3 is 2. The lowest BCUT2D eigenvalue weighted by Crippen LogP contribution is -2.30. The van der Waals surface area contributed by atoms with Crippen LogP contribution in [0.3, 0.4) is 0 Å². The van der Waals surface area contributed by atoms with Gasteiger partial charge in [-0.05, 0) is 35.9 Å². The van der Waals surface area contributed by atoms with E-state index in [1.165, 1.54) is 11.8 Å². The van der Waals surface area contributed by atoms with Crippen LogP contribution >= 0.6 is 23.4 Å². The number of halogens is 1. The maximum absolute atomic E-state index is 13.1. The molecule has 0 saturated carbocycles. The minimum absolute atomic E-state index is 0.216. The van der Waals surface area contributed by atoms with Crippen molar-refractivity contribution < 1.29 is 14.3 Å². The van der Waals surface area contributed by atoms with Crippen LogP contribution in [0, 0.1) is 0 Å². The molecule has 0 bridgehead atoms. The van der Waals surface area contributed by atoms with Crippen LogP contribution in [-0.4, -0.2) is 31.0 Å². The Labute approximate surface area is 173 Å². The molecule has 0 fully saturated rings. The van der Waals surface area contributed by atoms with Gasteiger partial charge in [-0.15, -0.1) is 0 Å². The van der Waals surface area contributed by atoms with Gasteiger partial charge in [0.05, 0.1) is 19.9 Å². The van der Waals surface area contributed by atoms with Crippen molar-refractivity contribution in [1.29, 1.82) is 0 Å². The van der Waals surface area contributed by atoms with Gasteiger partial charge in [0.25, 0.3) is 5.91 Å². The molecule has 7 heteroatoms. The summed E-state index contributed by atoms with van der Waals surface area (Å²) in [6, 6.07) is 14.7. The number of benzene rings is 2. The van der Waals surface area contributed by atoms with Gasteiger partial charge in [-0.25, -0.2) is 4.99 Å². The molecular formula is C21H19ClN2O3S. The second kappa shape index (κ2) is 8.99. The average molecular weight is 415 g/mol. The first-order valence-corrected chi connectivity index (χ1v) is 9.77. The third-order valence-corrected chi connectivity index (χ3v) is 5.24. The Morgan fingerprint density at radius 2 is 1.89 bits per heavy atom. The number of carbonyl (C=O) groups excluding carboxylic acids is 1. The van der Waals surface area contributed by atoms with Crippen LogP contribution in [0.5, 0.6) is 11.5 Å². The summed E-state index contributed by atoms with van der Waals surface area (Å²) in [5, 5.41) is 1.03. The molecule has 0 aliphatic carbocycles. The van der Waals surface area contributed by atoms with E-state index in [-0.39, 0.29) is 5.91 Å². The molecule has 3 rings (SSSR count). The van der Waals surface area contributed by atoms with E-state index in [9.17, 15) is 4.79 Å². The molecule has 0 unspecified atom stereocenters. The SMILES string of the molecule is C=C(Cl)CSC1=NC(=Cc2ccc(OC)cc2)C(=O)N1c1cccc(OC)c1. The van der Waals surface area contributed by atoms with Crippen LogP contribution in [0.2, 0.25) is 0 Å². The van der Waals surface area contributed by atoms with Crippen molar-refractivity contribution in [2.75, 3.05) is 24.9 Å². The van der Waals surface area contributed by atoms with Gasteiger partial charge in [0.2, 0.25) is 0 Å². The normalized spacial score (nSPS) is 15.0. The lowest BCUT2D eigenvalue weighted by molar-refractivity contribution is -0.113. The van der Waals surface area contributed by atoms with Crippen molar-refractivity contribution in [3.05, 3.63) is 71.4 Å². The molecule has 2 aromatic rings. The van der Waals surface area contributed by atoms with Crippen molar-refractivity contribution in [2.24, 2.45) is 4.99 Å². The van der Waals surface area contributed by atoms with Gasteiger partial charge in [0, 0.05) is 16.9 Å². The van der Waals surface area contributed by atoms with E-state index in [1.54, 1.807) is 31.3 Å². The number of aliphatic imine (C=N–C) groups is 1. The highest BCUT2D eigenvalue weighted by Crippen LogP contribution is 2.32. The van der Waals surface area contributed by atoms with Crippen molar-refractivity contribution in [3.8, 4) is 11.5 Å². The van der Waals surface area contributed by atoms with Crippen LogP contribution < -0.4 is 14.4 Å². The highest BCUT2D eigenvalue weighted by molar-refractivity contribution is 8.14. The molecular weight excluding hydrogens is 396 g/mol. The predicted molar refractivity (Wildman–Crippen MR) is 116 cm³/mol. The zero-order valence-electron chi connectivity index (χ0n) is 15.5. The third-order valence-electron chi connectivity index (χ3n) is 3.92. The molecule has 2 aromatic carbocycles. The number of hydrogen-bond acceptors (Lipinski definition) is 5. The van der Waals surface area contributed by atoms with Crippen molar-refractivity contribution >= 4 is 46.2 Å². The molecule has 5 nitrogen and oxygen atoms in total. The molecule has 0 radical (unpaired) electrons. The topological polar surface area (TPSA) is 51.1 Å². The van der Waals surface area contributed by atoms with E-state index in [4.69, 9.17) is 21.1 Å². The second-order valence-electron chi connectivity index (χ2n) is 5.85. The largest absolute Gasteiger partial charge is 0.497 e. The first-order valence-electron chi connectivity index (χ1n) is 8.41. The fraction of sp³-hybridized carbons (Fsp3) is 0.143. The summed E-state index contributed by atoms with van der Waals surface area (Å²) in [6.45, 7) is 3.70. The van der Waals surface area contributed by atoms with Crippen LogP contribution in [0.1, 0.15) is 5.56 Å². The highest BCUT2D eigenvalue weighted by Gasteiger charge is 2.32. The smallest absolute Gasteiger partial charge is 0.283 e. The fourth-order valence-electron chi connectivity index (χ4n) is 2.57. The Morgan fingerprint density at radius 1 is 1.18 bits per heavy atom. The molecule has 0 N–H and O–H groups in total. The van der Waals surface area contributed by atoms with E-state index in [0.29, 0.717) is 33.1 Å². The monoisotopic (exact) mass is 414 g/mol. The summed E-state index contributed by atoms with van der Waals surface area (Å²) in [4.78, 5) is 19.2. The fourth-order valence-corrected chi connectivity index (χ4v) is 3.50. The van der Waals surface area contributed by atoms with Crippen LogP contribution in [0.25, 0.3) is 6.08 Å². The lowest BCUT2D eigenvalue weighted by Gasteiger charge is -2.18. The first kappa shape index (κ1) is 20.0. The molecule has 144 valence electrons. The molecule has 0 atom stereocenters. The molecule has 28 heavy (non-hydrogen) atoms. The molecule has 1 amide bonds. The standard InChI is InChI=1S/C21H19ClN2O3S/c1-14(22)13-28-21-23-19(11-15-7-9-17(26-2)10-8-15)20(25)24(21)16-5-4-6-18(12-16)27-3/h4-12H,1,13H2,2-3H3. The number of carbonyl (C=O) groups is 1. The van der Waals surface area contributed by atoms with Gasteiger partial charge >= 0.3 is 0 Å². The molecule has 0 saturated heterocycles. The van der Waals surface area contributed by atoms with E-state index in [1.807, 2.05) is 42.5 Å². The van der Waals surface area contributed by atoms with Crippen LogP contribution in [0.4, 0.5) is 5.69 Å². The maximum atomic E-state index is 13.1. The van der Waals surface area contributed by atoms with E-state index >= 15 is 0 Å². The Kier molecular flexibility index (Phi) is 6.44. The van der Waals surface area contributed by atoms with Crippen LogP contribution in [0.15, 0.2) is 70.8 Å². The average Bonchev–Trinajstić information content (AvgIpc) is 3.02. The van der Waals surface area contributed by atoms with Crippen molar-refractivity contribution in [3.63, 3.8) is 0 Å². The molecule has 1 aliphatic rings. The summed E-state index contributed by atoms with van der Waals surface area (Å²) >= 11 is 7.26. The maximum Gasteiger partial charge on any atom is 0.283 e. The highest BCUT2D eigenvalue weighted by atomic mass is 35.5. The van der Waals surface area contributed by atoms with Gasteiger partial charge in [0.15, 0.2) is 5.17 Å². The zero-order valence-corrected chi connectivity index (χ0v) is 17.1. The molecule has 1 heterocycles. The van der Waals surface area contributed by atoms with E-state index in [0.717, 1.165) is 11.3 Å². The molecule has 0 spiro atoms. The zero-order chi connectivity index (χ0) is 20.1. The number of amides is 1. The minimum Gasteiger partial charge on any atom is -0.497 e. The number of nitrogens with zero attached hydrogens (tertiary/aromatic N) is 2.